The zero-order valence-electron chi connectivity index (χ0n) is 17.2. The summed E-state index contributed by atoms with van der Waals surface area (Å²) in [4.78, 5) is 28.9. The molecule has 0 aromatic carbocycles. The van der Waals surface area contributed by atoms with Crippen molar-refractivity contribution in [1.29, 1.82) is 0 Å². The van der Waals surface area contributed by atoms with Gasteiger partial charge in [-0.1, -0.05) is 6.07 Å². The van der Waals surface area contributed by atoms with Crippen LogP contribution in [0, 0.1) is 0 Å². The van der Waals surface area contributed by atoms with Gasteiger partial charge in [-0.05, 0) is 56.7 Å². The number of carboxylic acids is 1. The van der Waals surface area contributed by atoms with E-state index in [2.05, 4.69) is 27.7 Å². The average molecular weight is 428 g/mol. The molecule has 2 heterocycles. The van der Waals surface area contributed by atoms with Gasteiger partial charge in [-0.15, -0.1) is 12.4 Å². The minimum atomic E-state index is -0.978. The number of anilines is 1. The number of nitrogens with zero attached hydrogens (tertiary/aromatic N) is 2. The molecule has 0 radical (unpaired) electrons. The third kappa shape index (κ3) is 9.43. The summed E-state index contributed by atoms with van der Waals surface area (Å²) >= 11 is 0. The fourth-order valence-electron chi connectivity index (χ4n) is 3.32. The van der Waals surface area contributed by atoms with Crippen LogP contribution in [0.1, 0.15) is 43.9 Å². The van der Waals surface area contributed by atoms with E-state index in [-0.39, 0.29) is 18.3 Å². The second kappa shape index (κ2) is 13.3. The van der Waals surface area contributed by atoms with E-state index in [1.807, 2.05) is 0 Å². The highest BCUT2D eigenvalue weighted by atomic mass is 35.5. The molecule has 5 N–H and O–H groups in total. The van der Waals surface area contributed by atoms with E-state index >= 15 is 0 Å². The Labute approximate surface area is 179 Å². The van der Waals surface area contributed by atoms with Crippen molar-refractivity contribution in [3.63, 3.8) is 0 Å². The topological polar surface area (TPSA) is 121 Å². The van der Waals surface area contributed by atoms with E-state index in [1.165, 1.54) is 12.5 Å². The Balaban J connectivity index is 0.00000420. The molecule has 8 nitrogen and oxygen atoms in total. The number of fused-ring (bicyclic) bond motifs is 1. The number of aliphatic carboxylic acids is 1. The number of carboxylic acid groups (broad SMARTS) is 1. The Morgan fingerprint density at radius 2 is 2.10 bits per heavy atom. The van der Waals surface area contributed by atoms with Crippen LogP contribution in [0.5, 0.6) is 0 Å². The van der Waals surface area contributed by atoms with Crippen LogP contribution in [0.25, 0.3) is 0 Å². The van der Waals surface area contributed by atoms with Crippen LogP contribution >= 0.6 is 12.4 Å². The fraction of sp³-hybridized carbons (Fsp3) is 0.650. The van der Waals surface area contributed by atoms with Crippen LogP contribution in [0.2, 0.25) is 0 Å². The number of pyridine rings is 1. The number of nitrogens with one attached hydrogen (secondary N) is 2. The summed E-state index contributed by atoms with van der Waals surface area (Å²) in [5.41, 5.74) is 8.02. The number of nitrogens with two attached hydrogens (primary N) is 1. The van der Waals surface area contributed by atoms with E-state index < -0.39 is 12.0 Å². The molecule has 1 amide bonds. The Morgan fingerprint density at radius 1 is 1.31 bits per heavy atom. The van der Waals surface area contributed by atoms with Gasteiger partial charge < -0.3 is 26.4 Å². The lowest BCUT2D eigenvalue weighted by Gasteiger charge is -2.23. The first-order valence-electron chi connectivity index (χ1n) is 10.1. The van der Waals surface area contributed by atoms with Crippen LogP contribution in [0.4, 0.5) is 5.82 Å². The van der Waals surface area contributed by atoms with Crippen molar-refractivity contribution in [3.8, 4) is 0 Å². The summed E-state index contributed by atoms with van der Waals surface area (Å²) < 4.78 is 0. The van der Waals surface area contributed by atoms with Crippen molar-refractivity contribution in [3.05, 3.63) is 23.4 Å². The van der Waals surface area contributed by atoms with Crippen molar-refractivity contribution < 1.29 is 14.7 Å². The number of hydrogen-bond acceptors (Lipinski definition) is 6. The van der Waals surface area contributed by atoms with E-state index in [4.69, 9.17) is 15.8 Å². The van der Waals surface area contributed by atoms with E-state index in [0.29, 0.717) is 26.1 Å². The van der Waals surface area contributed by atoms with Crippen LogP contribution in [0.15, 0.2) is 12.1 Å². The molecule has 1 aromatic rings. The Bertz CT molecular complexity index is 659. The van der Waals surface area contributed by atoms with Crippen molar-refractivity contribution >= 4 is 30.1 Å². The lowest BCUT2D eigenvalue weighted by atomic mass is 10.1. The maximum absolute atomic E-state index is 11.1. The molecule has 29 heavy (non-hydrogen) atoms. The second-order valence-electron chi connectivity index (χ2n) is 7.36. The molecule has 0 aliphatic carbocycles. The zero-order valence-corrected chi connectivity index (χ0v) is 18.0. The monoisotopic (exact) mass is 427 g/mol. The highest BCUT2D eigenvalue weighted by molar-refractivity contribution is 5.85. The standard InChI is InChI=1S/C20H33N5O3.ClH/c1-15(26)22-11-14-25(13-9-18(21)20(27)28)12-3-2-6-17-8-7-16-5-4-10-23-19(16)24-17;/h7-8,18H,2-6,9-14,21H2,1H3,(H,22,26)(H,23,24)(H,27,28);1H/t18-;/m0./s1. The number of carbonyl (C=O) groups is 2. The van der Waals surface area contributed by atoms with Gasteiger partial charge in [0.15, 0.2) is 0 Å². The minimum Gasteiger partial charge on any atom is -0.480 e. The second-order valence-corrected chi connectivity index (χ2v) is 7.36. The van der Waals surface area contributed by atoms with Crippen LogP contribution in [0.3, 0.4) is 0 Å². The molecule has 9 heteroatoms. The van der Waals surface area contributed by atoms with E-state index in [9.17, 15) is 9.59 Å². The van der Waals surface area contributed by atoms with Gasteiger partial charge in [0.25, 0.3) is 0 Å². The van der Waals surface area contributed by atoms with E-state index in [0.717, 1.165) is 56.7 Å². The maximum Gasteiger partial charge on any atom is 0.320 e. The molecule has 0 fully saturated rings. The summed E-state index contributed by atoms with van der Waals surface area (Å²) in [6, 6.07) is 3.44. The maximum atomic E-state index is 11.1. The quantitative estimate of drug-likeness (QED) is 0.372. The molecule has 1 aromatic heterocycles. The molecule has 0 bridgehead atoms. The molecule has 0 saturated carbocycles. The first-order valence-corrected chi connectivity index (χ1v) is 10.1. The molecular weight excluding hydrogens is 394 g/mol. The van der Waals surface area contributed by atoms with Crippen molar-refractivity contribution in [1.82, 2.24) is 15.2 Å². The smallest absolute Gasteiger partial charge is 0.320 e. The summed E-state index contributed by atoms with van der Waals surface area (Å²) in [6.07, 6.45) is 5.56. The average Bonchev–Trinajstić information content (AvgIpc) is 2.68. The number of carbonyl (C=O) groups excluding carboxylic acids is 1. The summed E-state index contributed by atoms with van der Waals surface area (Å²) in [5.74, 6) is -0.00785. The fourth-order valence-corrected chi connectivity index (χ4v) is 3.32. The molecule has 0 saturated heterocycles. The first-order chi connectivity index (χ1) is 13.5. The first kappa shape index (κ1) is 25.1. The third-order valence-corrected chi connectivity index (χ3v) is 4.98. The number of unbranched alkanes of at least 4 members (excludes halogenated alkanes) is 1. The van der Waals surface area contributed by atoms with Crippen molar-refractivity contribution in [2.45, 2.75) is 51.5 Å². The predicted molar refractivity (Wildman–Crippen MR) is 117 cm³/mol. The molecule has 0 unspecified atom stereocenters. The summed E-state index contributed by atoms with van der Waals surface area (Å²) in [5, 5.41) is 15.1. The number of aryl methyl sites for hydroxylation is 2. The van der Waals surface area contributed by atoms with Gasteiger partial charge in [0.1, 0.15) is 11.9 Å². The van der Waals surface area contributed by atoms with Gasteiger partial charge >= 0.3 is 5.97 Å². The van der Waals surface area contributed by atoms with Gasteiger partial charge in [0.05, 0.1) is 0 Å². The lowest BCUT2D eigenvalue weighted by molar-refractivity contribution is -0.138. The van der Waals surface area contributed by atoms with Crippen molar-refractivity contribution in [2.75, 3.05) is 38.0 Å². The molecule has 2 rings (SSSR count). The molecule has 164 valence electrons. The van der Waals surface area contributed by atoms with Gasteiger partial charge in [-0.3, -0.25) is 9.59 Å². The Kier molecular flexibility index (Phi) is 11.6. The van der Waals surface area contributed by atoms with E-state index in [1.54, 1.807) is 0 Å². The molecular formula is C20H34ClN5O3. The number of halogens is 1. The van der Waals surface area contributed by atoms with Crippen molar-refractivity contribution in [2.24, 2.45) is 5.73 Å². The zero-order chi connectivity index (χ0) is 20.4. The molecule has 0 spiro atoms. The summed E-state index contributed by atoms with van der Waals surface area (Å²) in [7, 11) is 0. The third-order valence-electron chi connectivity index (χ3n) is 4.98. The largest absolute Gasteiger partial charge is 0.480 e. The molecule has 1 atom stereocenters. The number of rotatable bonds is 12. The summed E-state index contributed by atoms with van der Waals surface area (Å²) in [6.45, 7) is 5.17. The SMILES string of the molecule is CC(=O)NCCN(CCCCc1ccc2c(n1)NCCC2)CC[C@H](N)C(=O)O.Cl. The van der Waals surface area contributed by atoms with Gasteiger partial charge in [0.2, 0.25) is 5.91 Å². The van der Waals surface area contributed by atoms with Crippen LogP contribution < -0.4 is 16.4 Å². The highest BCUT2D eigenvalue weighted by Crippen LogP contribution is 2.20. The van der Waals surface area contributed by atoms with Gasteiger partial charge in [0, 0.05) is 38.8 Å². The van der Waals surface area contributed by atoms with Gasteiger partial charge in [-0.25, -0.2) is 4.98 Å². The molecule has 1 aliphatic rings. The normalized spacial score (nSPS) is 13.8. The predicted octanol–water partition coefficient (Wildman–Crippen LogP) is 1.42. The van der Waals surface area contributed by atoms with Crippen LogP contribution in [-0.4, -0.2) is 65.6 Å². The highest BCUT2D eigenvalue weighted by Gasteiger charge is 2.14. The number of hydrogen-bond donors (Lipinski definition) is 4. The lowest BCUT2D eigenvalue weighted by Crippen LogP contribution is -2.39. The van der Waals surface area contributed by atoms with Gasteiger partial charge in [-0.2, -0.15) is 0 Å². The Morgan fingerprint density at radius 3 is 2.83 bits per heavy atom. The van der Waals surface area contributed by atoms with Crippen LogP contribution in [-0.2, 0) is 22.4 Å². The minimum absolute atomic E-state index is 0. The molecule has 1 aliphatic heterocycles. The number of amides is 1. The number of aromatic nitrogens is 1. The Hall–Kier alpha value is -1.90.